The Morgan fingerprint density at radius 2 is 2.25 bits per heavy atom. The third kappa shape index (κ3) is 4.81. The highest BCUT2D eigenvalue weighted by molar-refractivity contribution is 7.99. The highest BCUT2D eigenvalue weighted by Crippen LogP contribution is 2.29. The molecule has 1 aromatic carbocycles. The van der Waals surface area contributed by atoms with Gasteiger partial charge in [0.2, 0.25) is 5.91 Å². The minimum atomic E-state index is -0.596. The Hall–Kier alpha value is -2.88. The van der Waals surface area contributed by atoms with Crippen molar-refractivity contribution in [1.82, 2.24) is 9.97 Å². The van der Waals surface area contributed by atoms with Gasteiger partial charge in [-0.25, -0.2) is 4.98 Å². The number of nitro benzene ring substituents is 1. The first-order valence-corrected chi connectivity index (χ1v) is 7.87. The highest BCUT2D eigenvalue weighted by atomic mass is 32.2. The quantitative estimate of drug-likeness (QED) is 0.337. The summed E-state index contributed by atoms with van der Waals surface area (Å²) in [6.45, 7) is 2.14. The van der Waals surface area contributed by atoms with E-state index in [2.05, 4.69) is 15.3 Å². The van der Waals surface area contributed by atoms with Crippen molar-refractivity contribution >= 4 is 29.0 Å². The SMILES string of the molecule is CCOc1ccc(NC(=O)CSc2nccc(=O)[nH]2)c([N+](=O)[O-])c1. The van der Waals surface area contributed by atoms with E-state index in [9.17, 15) is 19.7 Å². The minimum Gasteiger partial charge on any atom is -0.494 e. The standard InChI is InChI=1S/C14H14N4O5S/c1-2-23-9-3-4-10(11(7-9)18(21)22)16-13(20)8-24-14-15-6-5-12(19)17-14/h3-7H,2,8H2,1H3,(H,16,20)(H,15,17,19). The number of rotatable bonds is 7. The predicted molar refractivity (Wildman–Crippen MR) is 88.5 cm³/mol. The fourth-order valence-corrected chi connectivity index (χ4v) is 2.42. The van der Waals surface area contributed by atoms with Crippen LogP contribution in [0.1, 0.15) is 6.92 Å². The number of aromatic amines is 1. The zero-order valence-electron chi connectivity index (χ0n) is 12.6. The number of nitrogens with zero attached hydrogens (tertiary/aromatic N) is 2. The molecule has 0 radical (unpaired) electrons. The molecule has 1 amide bonds. The van der Waals surface area contributed by atoms with E-state index >= 15 is 0 Å². The molecule has 1 heterocycles. The van der Waals surface area contributed by atoms with Crippen molar-refractivity contribution in [1.29, 1.82) is 0 Å². The van der Waals surface area contributed by atoms with E-state index < -0.39 is 10.8 Å². The average Bonchev–Trinajstić information content (AvgIpc) is 2.54. The van der Waals surface area contributed by atoms with Crippen LogP contribution in [0.5, 0.6) is 5.75 Å². The molecule has 0 aliphatic heterocycles. The summed E-state index contributed by atoms with van der Waals surface area (Å²) in [7, 11) is 0. The van der Waals surface area contributed by atoms with Crippen molar-refractivity contribution in [3.05, 3.63) is 50.9 Å². The van der Waals surface area contributed by atoms with Crippen molar-refractivity contribution in [2.75, 3.05) is 17.7 Å². The number of nitro groups is 1. The molecule has 0 unspecified atom stereocenters. The second-order valence-electron chi connectivity index (χ2n) is 4.45. The Morgan fingerprint density at radius 1 is 1.46 bits per heavy atom. The van der Waals surface area contributed by atoms with Gasteiger partial charge in [-0.3, -0.25) is 19.7 Å². The van der Waals surface area contributed by atoms with Gasteiger partial charge in [0.15, 0.2) is 5.16 Å². The van der Waals surface area contributed by atoms with Crippen LogP contribution in [0.15, 0.2) is 40.4 Å². The molecule has 10 heteroatoms. The largest absolute Gasteiger partial charge is 0.494 e. The fourth-order valence-electron chi connectivity index (χ4n) is 1.77. The number of amides is 1. The second-order valence-corrected chi connectivity index (χ2v) is 5.41. The number of thioether (sulfide) groups is 1. The normalized spacial score (nSPS) is 10.2. The third-order valence-electron chi connectivity index (χ3n) is 2.74. The molecule has 0 bridgehead atoms. The maximum atomic E-state index is 12.0. The van der Waals surface area contributed by atoms with Gasteiger partial charge in [0.05, 0.1) is 23.3 Å². The summed E-state index contributed by atoms with van der Waals surface area (Å²) >= 11 is 1.01. The fraction of sp³-hybridized carbons (Fsp3) is 0.214. The number of ether oxygens (including phenoxy) is 1. The summed E-state index contributed by atoms with van der Waals surface area (Å²) in [6.07, 6.45) is 1.33. The van der Waals surface area contributed by atoms with E-state index in [1.54, 1.807) is 6.92 Å². The highest BCUT2D eigenvalue weighted by Gasteiger charge is 2.17. The topological polar surface area (TPSA) is 127 Å². The number of aromatic nitrogens is 2. The maximum absolute atomic E-state index is 12.0. The van der Waals surface area contributed by atoms with E-state index in [0.717, 1.165) is 11.8 Å². The molecule has 0 atom stereocenters. The lowest BCUT2D eigenvalue weighted by atomic mass is 10.2. The van der Waals surface area contributed by atoms with E-state index in [1.807, 2.05) is 0 Å². The summed E-state index contributed by atoms with van der Waals surface area (Å²) in [6, 6.07) is 5.46. The van der Waals surface area contributed by atoms with Gasteiger partial charge in [-0.05, 0) is 19.1 Å². The molecule has 2 rings (SSSR count). The molecular weight excluding hydrogens is 336 g/mol. The Labute approximate surface area is 140 Å². The van der Waals surface area contributed by atoms with Gasteiger partial charge in [0.1, 0.15) is 11.4 Å². The van der Waals surface area contributed by atoms with Gasteiger partial charge >= 0.3 is 0 Å². The maximum Gasteiger partial charge on any atom is 0.296 e. The van der Waals surface area contributed by atoms with E-state index in [-0.39, 0.29) is 22.7 Å². The van der Waals surface area contributed by atoms with Crippen LogP contribution in [0.4, 0.5) is 11.4 Å². The lowest BCUT2D eigenvalue weighted by Crippen LogP contribution is -2.16. The van der Waals surface area contributed by atoms with Gasteiger partial charge in [-0.2, -0.15) is 0 Å². The first-order valence-electron chi connectivity index (χ1n) is 6.89. The van der Waals surface area contributed by atoms with Crippen molar-refractivity contribution in [3.8, 4) is 5.75 Å². The molecule has 0 spiro atoms. The van der Waals surface area contributed by atoms with Crippen molar-refractivity contribution < 1.29 is 14.5 Å². The summed E-state index contributed by atoms with van der Waals surface area (Å²) < 4.78 is 5.21. The molecule has 9 nitrogen and oxygen atoms in total. The van der Waals surface area contributed by atoms with Crippen LogP contribution in [0.25, 0.3) is 0 Å². The number of H-pyrrole nitrogens is 1. The molecule has 24 heavy (non-hydrogen) atoms. The van der Waals surface area contributed by atoms with Crippen LogP contribution < -0.4 is 15.6 Å². The van der Waals surface area contributed by atoms with Crippen molar-refractivity contribution in [2.24, 2.45) is 0 Å². The molecule has 2 aromatic rings. The zero-order valence-corrected chi connectivity index (χ0v) is 13.5. The van der Waals surface area contributed by atoms with Crippen LogP contribution in [0.2, 0.25) is 0 Å². The molecule has 0 aliphatic carbocycles. The average molecular weight is 350 g/mol. The zero-order chi connectivity index (χ0) is 17.5. The summed E-state index contributed by atoms with van der Waals surface area (Å²) in [5, 5.41) is 13.9. The summed E-state index contributed by atoms with van der Waals surface area (Å²) in [5.74, 6) is -0.168. The number of hydrogen-bond acceptors (Lipinski definition) is 7. The van der Waals surface area contributed by atoms with Gasteiger partial charge in [0.25, 0.3) is 11.2 Å². The first kappa shape index (κ1) is 17.5. The molecule has 0 saturated carbocycles. The van der Waals surface area contributed by atoms with Gasteiger partial charge in [-0.1, -0.05) is 11.8 Å². The summed E-state index contributed by atoms with van der Waals surface area (Å²) in [5.41, 5.74) is -0.510. The monoisotopic (exact) mass is 350 g/mol. The number of nitrogens with one attached hydrogen (secondary N) is 2. The van der Waals surface area contributed by atoms with Crippen molar-refractivity contribution in [3.63, 3.8) is 0 Å². The molecular formula is C14H14N4O5S. The first-order chi connectivity index (χ1) is 11.5. The number of hydrogen-bond donors (Lipinski definition) is 2. The van der Waals surface area contributed by atoms with Crippen LogP contribution in [-0.2, 0) is 4.79 Å². The molecule has 2 N–H and O–H groups in total. The van der Waals surface area contributed by atoms with E-state index in [1.165, 1.54) is 30.5 Å². The lowest BCUT2D eigenvalue weighted by molar-refractivity contribution is -0.384. The smallest absolute Gasteiger partial charge is 0.296 e. The lowest BCUT2D eigenvalue weighted by Gasteiger charge is -2.08. The number of carbonyl (C=O) groups is 1. The van der Waals surface area contributed by atoms with Crippen LogP contribution in [-0.4, -0.2) is 33.2 Å². The molecule has 0 aliphatic rings. The van der Waals surface area contributed by atoms with Crippen molar-refractivity contribution in [2.45, 2.75) is 12.1 Å². The molecule has 0 saturated heterocycles. The molecule has 1 aromatic heterocycles. The second kappa shape index (κ2) is 8.11. The number of anilines is 1. The summed E-state index contributed by atoms with van der Waals surface area (Å²) in [4.78, 5) is 40.0. The Balaban J connectivity index is 2.05. The molecule has 0 fully saturated rings. The van der Waals surface area contributed by atoms with E-state index in [0.29, 0.717) is 17.5 Å². The Kier molecular flexibility index (Phi) is 5.90. The van der Waals surface area contributed by atoms with Crippen LogP contribution in [0.3, 0.4) is 0 Å². The van der Waals surface area contributed by atoms with Gasteiger partial charge < -0.3 is 15.0 Å². The third-order valence-corrected chi connectivity index (χ3v) is 3.63. The molecule has 126 valence electrons. The van der Waals surface area contributed by atoms with Crippen LogP contribution in [0, 0.1) is 10.1 Å². The van der Waals surface area contributed by atoms with Gasteiger partial charge in [0, 0.05) is 12.3 Å². The van der Waals surface area contributed by atoms with Crippen LogP contribution >= 0.6 is 11.8 Å². The Bertz CT molecular complexity index is 808. The van der Waals surface area contributed by atoms with E-state index in [4.69, 9.17) is 4.74 Å². The number of benzene rings is 1. The predicted octanol–water partition coefficient (Wildman–Crippen LogP) is 1.81. The van der Waals surface area contributed by atoms with Gasteiger partial charge in [-0.15, -0.1) is 0 Å². The Morgan fingerprint density at radius 3 is 2.92 bits per heavy atom. The number of carbonyl (C=O) groups excluding carboxylic acids is 1. The minimum absolute atomic E-state index is 0.0582.